The van der Waals surface area contributed by atoms with Gasteiger partial charge in [0.2, 0.25) is 0 Å². The maximum Gasteiger partial charge on any atom is 0.252 e. The summed E-state index contributed by atoms with van der Waals surface area (Å²) >= 11 is 0. The van der Waals surface area contributed by atoms with E-state index in [1.165, 1.54) is 143 Å². The SMILES string of the molecule is CC(C)(C)c1cc2c3c(c1)N(c1cc(C(C)(C)C)cc4c5cc(C(C)(C)C)ccc5n(-c5ccccc5)c14)c1cc(-n4c5ccccc5c5ccccc54)ccc1B3c1ccc(-n3c4ccccc4c4ccccc43)cc1N2c1cc(C(C)(C)C)cc2c3cc(C(C)(C)C)ccc3n(-c3ccccc3)c12. The molecule has 0 saturated heterocycles. The van der Waals surface area contributed by atoms with Gasteiger partial charge in [-0.2, -0.15) is 0 Å². The maximum atomic E-state index is 2.75. The average molecular weight is 1360 g/mol. The summed E-state index contributed by atoms with van der Waals surface area (Å²) in [6.45, 7) is 35.5. The average Bonchev–Trinajstić information content (AvgIpc) is 1.60. The Bertz CT molecular complexity index is 6000. The first-order valence-corrected chi connectivity index (χ1v) is 37.7. The van der Waals surface area contributed by atoms with Crippen molar-refractivity contribution in [2.75, 3.05) is 9.80 Å². The Kier molecular flexibility index (Phi) is 13.9. The number of benzene rings is 13. The number of aromatic nitrogens is 4. The van der Waals surface area contributed by atoms with Gasteiger partial charge in [-0.1, -0.05) is 237 Å². The molecule has 0 radical (unpaired) electrons. The molecular formula is C98H89BN6. The Morgan fingerprint density at radius 2 is 0.505 bits per heavy atom. The second kappa shape index (κ2) is 22.6. The second-order valence-electron chi connectivity index (χ2n) is 35.1. The van der Waals surface area contributed by atoms with E-state index in [2.05, 4.69) is 399 Å². The van der Waals surface area contributed by atoms with E-state index < -0.39 is 0 Å². The molecule has 19 rings (SSSR count). The van der Waals surface area contributed by atoms with Gasteiger partial charge in [-0.05, 0) is 205 Å². The summed E-state index contributed by atoms with van der Waals surface area (Å²) in [4.78, 5) is 5.51. The molecule has 13 aromatic carbocycles. The zero-order valence-electron chi connectivity index (χ0n) is 63.2. The van der Waals surface area contributed by atoms with Crippen LogP contribution in [0.25, 0.3) is 110 Å². The molecular weight excluding hydrogens is 1270 g/mol. The van der Waals surface area contributed by atoms with Crippen molar-refractivity contribution in [2.45, 2.75) is 131 Å². The molecule has 0 fully saturated rings. The van der Waals surface area contributed by atoms with E-state index in [-0.39, 0.29) is 33.8 Å². The first-order chi connectivity index (χ1) is 50.3. The molecule has 105 heavy (non-hydrogen) atoms. The van der Waals surface area contributed by atoms with Gasteiger partial charge >= 0.3 is 0 Å². The summed E-state index contributed by atoms with van der Waals surface area (Å²) in [5, 5.41) is 9.91. The minimum atomic E-state index is -0.329. The van der Waals surface area contributed by atoms with Crippen molar-refractivity contribution in [3.8, 4) is 22.7 Å². The fourth-order valence-corrected chi connectivity index (χ4v) is 17.7. The van der Waals surface area contributed by atoms with Gasteiger partial charge in [-0.3, -0.25) is 0 Å². The van der Waals surface area contributed by atoms with Crippen LogP contribution in [0.15, 0.2) is 267 Å². The van der Waals surface area contributed by atoms with E-state index in [9.17, 15) is 0 Å². The highest BCUT2D eigenvalue weighted by Gasteiger charge is 2.46. The van der Waals surface area contributed by atoms with Gasteiger partial charge < -0.3 is 28.1 Å². The van der Waals surface area contributed by atoms with Crippen molar-refractivity contribution in [3.05, 3.63) is 295 Å². The molecule has 6 nitrogen and oxygen atoms in total. The third-order valence-corrected chi connectivity index (χ3v) is 23.2. The first-order valence-electron chi connectivity index (χ1n) is 37.7. The van der Waals surface area contributed by atoms with Crippen LogP contribution < -0.4 is 26.2 Å². The number of fused-ring (bicyclic) bond motifs is 16. The van der Waals surface area contributed by atoms with Gasteiger partial charge in [-0.25, -0.2) is 0 Å². The Morgan fingerprint density at radius 3 is 0.848 bits per heavy atom. The highest BCUT2D eigenvalue weighted by Crippen LogP contribution is 2.54. The molecule has 0 unspecified atom stereocenters. The summed E-state index contributed by atoms with van der Waals surface area (Å²) in [6.07, 6.45) is 0. The molecule has 17 aromatic rings. The number of nitrogens with zero attached hydrogens (tertiary/aromatic N) is 6. The van der Waals surface area contributed by atoms with Crippen LogP contribution in [0.4, 0.5) is 34.1 Å². The maximum absolute atomic E-state index is 2.75. The van der Waals surface area contributed by atoms with E-state index in [0.717, 1.165) is 45.5 Å². The molecule has 0 atom stereocenters. The monoisotopic (exact) mass is 1360 g/mol. The van der Waals surface area contributed by atoms with Crippen LogP contribution in [0.1, 0.15) is 132 Å². The number of anilines is 6. The third-order valence-electron chi connectivity index (χ3n) is 23.2. The van der Waals surface area contributed by atoms with Crippen LogP contribution in [0.5, 0.6) is 0 Å². The predicted molar refractivity (Wildman–Crippen MR) is 451 cm³/mol. The van der Waals surface area contributed by atoms with E-state index in [4.69, 9.17) is 0 Å². The van der Waals surface area contributed by atoms with Crippen molar-refractivity contribution >= 4 is 144 Å². The molecule has 2 aliphatic heterocycles. The zero-order chi connectivity index (χ0) is 72.3. The lowest BCUT2D eigenvalue weighted by atomic mass is 9.33. The van der Waals surface area contributed by atoms with Crippen LogP contribution in [0.2, 0.25) is 0 Å². The Balaban J connectivity index is 1.02. The molecule has 0 saturated carbocycles. The van der Waals surface area contributed by atoms with Crippen molar-refractivity contribution in [1.29, 1.82) is 0 Å². The van der Waals surface area contributed by atoms with Crippen LogP contribution in [0, 0.1) is 0 Å². The van der Waals surface area contributed by atoms with Crippen LogP contribution >= 0.6 is 0 Å². The molecule has 0 amide bonds. The largest absolute Gasteiger partial charge is 0.309 e. The summed E-state index contributed by atoms with van der Waals surface area (Å²) in [6, 6.07) is 103. The molecule has 7 heteroatoms. The molecule has 0 spiro atoms. The molecule has 0 bridgehead atoms. The van der Waals surface area contributed by atoms with Gasteiger partial charge in [-0.15, -0.1) is 0 Å². The molecule has 2 aliphatic rings. The minimum Gasteiger partial charge on any atom is -0.309 e. The highest BCUT2D eigenvalue weighted by molar-refractivity contribution is 7.00. The third kappa shape index (κ3) is 9.82. The molecule has 0 aliphatic carbocycles. The topological polar surface area (TPSA) is 26.2 Å². The Labute approximate surface area is 617 Å². The van der Waals surface area contributed by atoms with Gasteiger partial charge in [0, 0.05) is 88.6 Å². The lowest BCUT2D eigenvalue weighted by Crippen LogP contribution is -2.61. The lowest BCUT2D eigenvalue weighted by molar-refractivity contribution is 0.590. The fourth-order valence-electron chi connectivity index (χ4n) is 17.7. The van der Waals surface area contributed by atoms with Crippen molar-refractivity contribution in [3.63, 3.8) is 0 Å². The smallest absolute Gasteiger partial charge is 0.252 e. The summed E-state index contributed by atoms with van der Waals surface area (Å²) in [5.41, 5.74) is 30.0. The van der Waals surface area contributed by atoms with E-state index >= 15 is 0 Å². The van der Waals surface area contributed by atoms with E-state index in [0.29, 0.717) is 0 Å². The summed E-state index contributed by atoms with van der Waals surface area (Å²) in [7, 11) is 0. The molecule has 514 valence electrons. The minimum absolute atomic E-state index is 0.0918. The van der Waals surface area contributed by atoms with E-state index in [1.807, 2.05) is 0 Å². The lowest BCUT2D eigenvalue weighted by Gasteiger charge is -2.46. The number of rotatable bonds is 6. The predicted octanol–water partition coefficient (Wildman–Crippen LogP) is 24.6. The molecule has 6 heterocycles. The molecule has 4 aromatic heterocycles. The van der Waals surface area contributed by atoms with Crippen molar-refractivity contribution in [2.24, 2.45) is 0 Å². The van der Waals surface area contributed by atoms with Gasteiger partial charge in [0.05, 0.1) is 55.5 Å². The normalized spacial score (nSPS) is 13.6. The van der Waals surface area contributed by atoms with Crippen molar-refractivity contribution < 1.29 is 0 Å². The quantitative estimate of drug-likeness (QED) is 0.155. The second-order valence-corrected chi connectivity index (χ2v) is 35.1. The van der Waals surface area contributed by atoms with E-state index in [1.54, 1.807) is 0 Å². The summed E-state index contributed by atoms with van der Waals surface area (Å²) < 4.78 is 10.2. The van der Waals surface area contributed by atoms with Gasteiger partial charge in [0.25, 0.3) is 6.71 Å². The molecule has 0 N–H and O–H groups in total. The van der Waals surface area contributed by atoms with Crippen LogP contribution in [-0.2, 0) is 27.1 Å². The Morgan fingerprint density at radius 1 is 0.210 bits per heavy atom. The number of hydrogen-bond donors (Lipinski definition) is 0. The highest BCUT2D eigenvalue weighted by atomic mass is 15.2. The number of hydrogen-bond acceptors (Lipinski definition) is 2. The van der Waals surface area contributed by atoms with Crippen molar-refractivity contribution in [1.82, 2.24) is 18.3 Å². The number of para-hydroxylation sites is 6. The first kappa shape index (κ1) is 64.6. The zero-order valence-corrected chi connectivity index (χ0v) is 63.2. The van der Waals surface area contributed by atoms with Crippen LogP contribution in [0.3, 0.4) is 0 Å². The van der Waals surface area contributed by atoms with Crippen LogP contribution in [-0.4, -0.2) is 25.0 Å². The summed E-state index contributed by atoms with van der Waals surface area (Å²) in [5.74, 6) is 0. The standard InChI is InChI=1S/C98H89BN6/c1-94(2,3)60-42-48-83-73(50-60)75-52-62(96(7,8)9)56-89(92(75)102(83)65-30-18-16-19-31-65)104-85-58-67(100-79-38-26-22-34-69(79)70-35-23-27-39-80(70)100)44-46-77(85)99-78-47-45-68(101-81-40-28-24-36-71(81)72-37-25-29-41-82(72)101)59-86(78)105(88-55-64(98(13,14)15)54-87(104)91(88)99)90-57-63(97(10,11)12)53-76-74-51-61(95(4,5)6)43-49-84(74)103(93(76)90)66-32-20-17-21-33-66/h16-59H,1-15H3. The Hall–Kier alpha value is -11.3. The fraction of sp³-hybridized carbons (Fsp3) is 0.204. The van der Waals surface area contributed by atoms with Gasteiger partial charge in [0.1, 0.15) is 0 Å². The van der Waals surface area contributed by atoms with Gasteiger partial charge in [0.15, 0.2) is 0 Å².